The van der Waals surface area contributed by atoms with Crippen LogP contribution in [0, 0.1) is 23.7 Å². The van der Waals surface area contributed by atoms with Crippen molar-refractivity contribution >= 4 is 0 Å². The molecule has 65 valence electrons. The number of hydrogen-bond acceptors (Lipinski definition) is 0. The molecule has 4 fully saturated rings. The molecule has 0 heterocycles. The van der Waals surface area contributed by atoms with Crippen LogP contribution < -0.4 is 0 Å². The Bertz CT molecular complexity index is 102. The van der Waals surface area contributed by atoms with Gasteiger partial charge in [0.25, 0.3) is 0 Å². The summed E-state index contributed by atoms with van der Waals surface area (Å²) in [6, 6.07) is 0. The van der Waals surface area contributed by atoms with Crippen LogP contribution in [0.3, 0.4) is 0 Å². The molecule has 4 aliphatic carbocycles. The summed E-state index contributed by atoms with van der Waals surface area (Å²) < 4.78 is 0. The van der Waals surface area contributed by atoms with Gasteiger partial charge in [0, 0.05) is 98.1 Å². The van der Waals surface area contributed by atoms with Gasteiger partial charge in [0.15, 0.2) is 0 Å². The van der Waals surface area contributed by atoms with Crippen molar-refractivity contribution in [1.82, 2.24) is 0 Å². The number of rotatable bonds is 0. The van der Waals surface area contributed by atoms with Crippen molar-refractivity contribution in [2.24, 2.45) is 11.8 Å². The summed E-state index contributed by atoms with van der Waals surface area (Å²) in [6.45, 7) is 0. The van der Waals surface area contributed by atoms with Crippen molar-refractivity contribution in [2.45, 2.75) is 38.5 Å². The summed E-state index contributed by atoms with van der Waals surface area (Å²) in [4.78, 5) is 0. The van der Waals surface area contributed by atoms with Gasteiger partial charge >= 0.3 is 0 Å². The van der Waals surface area contributed by atoms with Crippen molar-refractivity contribution in [3.63, 3.8) is 0 Å². The van der Waals surface area contributed by atoms with Crippen LogP contribution in [0.5, 0.6) is 0 Å². The molecule has 0 N–H and O–H groups in total. The molecular weight excluding hydrogens is 387 g/mol. The Labute approximate surface area is 157 Å². The fourth-order valence-corrected chi connectivity index (χ4v) is 3.39. The minimum atomic E-state index is 0. The van der Waals surface area contributed by atoms with Gasteiger partial charge in [0.05, 0.1) is 0 Å². The van der Waals surface area contributed by atoms with Crippen molar-refractivity contribution in [3.05, 3.63) is 11.8 Å². The summed E-state index contributed by atoms with van der Waals surface area (Å²) in [7, 11) is 0. The maximum Gasteiger partial charge on any atom is 0 e. The Morgan fingerprint density at radius 1 is 0.692 bits per heavy atom. The summed E-state index contributed by atoms with van der Waals surface area (Å²) in [5.74, 6) is 6.00. The molecule has 0 nitrogen and oxygen atoms in total. The molecule has 0 saturated heterocycles. The molecule has 0 amide bonds. The molecule has 0 aromatic rings. The van der Waals surface area contributed by atoms with Gasteiger partial charge in [-0.3, -0.25) is 0 Å². The van der Waals surface area contributed by atoms with Gasteiger partial charge < -0.3 is 18.3 Å². The van der Waals surface area contributed by atoms with Gasteiger partial charge in [-0.1, -0.05) is 18.3 Å². The fourth-order valence-electron chi connectivity index (χ4n) is 3.39. The summed E-state index contributed by atoms with van der Waals surface area (Å²) in [6.07, 6.45) is 9.00. The zero-order chi connectivity index (χ0) is 6.55. The molecule has 0 atom stereocenters. The largest absolute Gasteiger partial charge is 0.342 e. The van der Waals surface area contributed by atoms with E-state index in [1.54, 1.807) is 6.42 Å². The van der Waals surface area contributed by atoms with E-state index >= 15 is 0 Å². The molecule has 4 aliphatic rings. The average Bonchev–Trinajstić information content (AvgIpc) is 1.82. The van der Waals surface area contributed by atoms with E-state index in [-0.39, 0.29) is 98.1 Å². The van der Waals surface area contributed by atoms with Crippen LogP contribution >= 0.6 is 0 Å². The minimum absolute atomic E-state index is 0. The van der Waals surface area contributed by atoms with Crippen molar-refractivity contribution in [2.75, 3.05) is 0 Å². The maximum absolute atomic E-state index is 1.90. The van der Waals surface area contributed by atoms with E-state index in [0.717, 1.165) is 11.8 Å². The second-order valence-corrected chi connectivity index (χ2v) is 4.46. The molecular formula is C10H14Y3-2. The van der Waals surface area contributed by atoms with Crippen LogP contribution in [0.2, 0.25) is 0 Å². The van der Waals surface area contributed by atoms with Crippen molar-refractivity contribution in [1.29, 1.82) is 0 Å². The van der Waals surface area contributed by atoms with E-state index in [1.807, 2.05) is 11.8 Å². The Kier molecular flexibility index (Phi) is 8.66. The van der Waals surface area contributed by atoms with Crippen LogP contribution in [0.4, 0.5) is 0 Å². The van der Waals surface area contributed by atoms with E-state index < -0.39 is 0 Å². The molecule has 4 saturated carbocycles. The standard InChI is InChI=1S/C10H14.3Y/c1-7-2-9-4-8(1)5-10(3-7)6-9;;;/h7-8H,1-6H2;;;/q-2;;;. The van der Waals surface area contributed by atoms with E-state index in [4.69, 9.17) is 0 Å². The Hall–Kier alpha value is 3.31. The average molecular weight is 401 g/mol. The molecule has 4 bridgehead atoms. The predicted octanol–water partition coefficient (Wildman–Crippen LogP) is 2.74. The van der Waals surface area contributed by atoms with Crippen molar-refractivity contribution in [3.8, 4) is 0 Å². The van der Waals surface area contributed by atoms with Gasteiger partial charge in [-0.05, 0) is 0 Å². The van der Waals surface area contributed by atoms with Crippen LogP contribution in [0.25, 0.3) is 0 Å². The Balaban J connectivity index is 0.000000480. The summed E-state index contributed by atoms with van der Waals surface area (Å²) >= 11 is 0. The molecule has 13 heavy (non-hydrogen) atoms. The Morgan fingerprint density at radius 2 is 1.08 bits per heavy atom. The van der Waals surface area contributed by atoms with Gasteiger partial charge in [0.1, 0.15) is 0 Å². The van der Waals surface area contributed by atoms with E-state index in [9.17, 15) is 0 Å². The zero-order valence-electron chi connectivity index (χ0n) is 8.13. The second kappa shape index (κ2) is 6.91. The van der Waals surface area contributed by atoms with E-state index in [1.165, 1.54) is 32.1 Å². The van der Waals surface area contributed by atoms with Crippen LogP contribution in [-0.2, 0) is 98.1 Å². The summed E-state index contributed by atoms with van der Waals surface area (Å²) in [5, 5.41) is 0. The third kappa shape index (κ3) is 3.64. The monoisotopic (exact) mass is 401 g/mol. The first kappa shape index (κ1) is 16.3. The summed E-state index contributed by atoms with van der Waals surface area (Å²) in [5.41, 5.74) is 0. The molecule has 3 heteroatoms. The SMILES string of the molecule is C1[C-]2CC3C[C-]1CC(C2)C3.[Y].[Y].[Y]. The van der Waals surface area contributed by atoms with Gasteiger partial charge in [0.2, 0.25) is 0 Å². The van der Waals surface area contributed by atoms with Crippen LogP contribution in [0.15, 0.2) is 0 Å². The maximum atomic E-state index is 1.90. The molecule has 0 aromatic heterocycles. The second-order valence-electron chi connectivity index (χ2n) is 4.46. The van der Waals surface area contributed by atoms with Gasteiger partial charge in [-0.25, -0.2) is 0 Å². The fraction of sp³-hybridized carbons (Fsp3) is 0.800. The van der Waals surface area contributed by atoms with Crippen LogP contribution in [-0.4, -0.2) is 0 Å². The van der Waals surface area contributed by atoms with Gasteiger partial charge in [-0.2, -0.15) is 25.7 Å². The first-order valence-electron chi connectivity index (χ1n) is 4.57. The normalized spacial score (nSPS) is 36.0. The zero-order valence-corrected chi connectivity index (χ0v) is 16.6. The van der Waals surface area contributed by atoms with Gasteiger partial charge in [-0.15, -0.1) is 0 Å². The molecule has 0 unspecified atom stereocenters. The smallest absolute Gasteiger partial charge is 0 e. The molecule has 3 radical (unpaired) electrons. The molecule has 0 aliphatic heterocycles. The first-order chi connectivity index (χ1) is 4.90. The quantitative estimate of drug-likeness (QED) is 0.548. The van der Waals surface area contributed by atoms with E-state index in [2.05, 4.69) is 0 Å². The predicted molar refractivity (Wildman–Crippen MR) is 41.2 cm³/mol. The molecule has 0 aromatic carbocycles. The van der Waals surface area contributed by atoms with Crippen LogP contribution in [0.1, 0.15) is 38.5 Å². The third-order valence-electron chi connectivity index (χ3n) is 3.48. The Morgan fingerprint density at radius 3 is 1.38 bits per heavy atom. The topological polar surface area (TPSA) is 0 Å². The van der Waals surface area contributed by atoms with Crippen molar-refractivity contribution < 1.29 is 98.1 Å². The first-order valence-corrected chi connectivity index (χ1v) is 4.57. The molecule has 4 rings (SSSR count). The number of hydrogen-bond donors (Lipinski definition) is 0. The molecule has 0 spiro atoms. The third-order valence-corrected chi connectivity index (χ3v) is 3.48. The van der Waals surface area contributed by atoms with E-state index in [0.29, 0.717) is 0 Å². The minimum Gasteiger partial charge on any atom is -0.342 e.